The fourth-order valence-corrected chi connectivity index (χ4v) is 1.55. The lowest BCUT2D eigenvalue weighted by atomic mass is 10.1. The van der Waals surface area contributed by atoms with Gasteiger partial charge < -0.3 is 5.11 Å². The van der Waals surface area contributed by atoms with Gasteiger partial charge in [-0.2, -0.15) is 0 Å². The fourth-order valence-electron chi connectivity index (χ4n) is 1.55. The molecule has 1 aromatic rings. The molecule has 0 atom stereocenters. The van der Waals surface area contributed by atoms with Gasteiger partial charge in [-0.05, 0) is 11.6 Å². The summed E-state index contributed by atoms with van der Waals surface area (Å²) < 4.78 is 0. The van der Waals surface area contributed by atoms with Crippen LogP contribution >= 0.6 is 0 Å². The molecule has 2 rings (SSSR count). The van der Waals surface area contributed by atoms with Crippen molar-refractivity contribution in [1.82, 2.24) is 0 Å². The zero-order valence-corrected chi connectivity index (χ0v) is 7.36. The third-order valence-electron chi connectivity index (χ3n) is 2.17. The van der Waals surface area contributed by atoms with Crippen LogP contribution in [0.2, 0.25) is 0 Å². The van der Waals surface area contributed by atoms with Crippen LogP contribution in [0.25, 0.3) is 6.08 Å². The van der Waals surface area contributed by atoms with Gasteiger partial charge in [0.2, 0.25) is 0 Å². The van der Waals surface area contributed by atoms with Crippen LogP contribution in [0.4, 0.5) is 0 Å². The Morgan fingerprint density at radius 1 is 1.29 bits per heavy atom. The van der Waals surface area contributed by atoms with E-state index in [1.54, 1.807) is 18.2 Å². The van der Waals surface area contributed by atoms with Gasteiger partial charge in [0.05, 0.1) is 6.42 Å². The van der Waals surface area contributed by atoms with E-state index in [4.69, 9.17) is 5.11 Å². The molecule has 14 heavy (non-hydrogen) atoms. The van der Waals surface area contributed by atoms with E-state index < -0.39 is 5.97 Å². The number of carbonyl (C=O) groups is 2. The third-order valence-corrected chi connectivity index (χ3v) is 2.17. The first-order valence-electron chi connectivity index (χ1n) is 4.24. The van der Waals surface area contributed by atoms with E-state index in [1.807, 2.05) is 12.1 Å². The Kier molecular flexibility index (Phi) is 1.93. The molecule has 0 radical (unpaired) electrons. The van der Waals surface area contributed by atoms with Crippen molar-refractivity contribution in [1.29, 1.82) is 0 Å². The van der Waals surface area contributed by atoms with Crippen LogP contribution in [0, 0.1) is 0 Å². The lowest BCUT2D eigenvalue weighted by Gasteiger charge is -1.95. The SMILES string of the molecule is O=C(O)CC1=Cc2ccccc2C1=O. The lowest BCUT2D eigenvalue weighted by Crippen LogP contribution is -2.04. The molecule has 1 aromatic carbocycles. The number of carboxylic acid groups (broad SMARTS) is 1. The van der Waals surface area contributed by atoms with Gasteiger partial charge >= 0.3 is 5.97 Å². The van der Waals surface area contributed by atoms with E-state index in [1.165, 1.54) is 0 Å². The molecule has 0 saturated heterocycles. The lowest BCUT2D eigenvalue weighted by molar-refractivity contribution is -0.136. The summed E-state index contributed by atoms with van der Waals surface area (Å²) in [6.07, 6.45) is 1.44. The molecule has 0 heterocycles. The van der Waals surface area contributed by atoms with Crippen molar-refractivity contribution in [3.05, 3.63) is 41.0 Å². The van der Waals surface area contributed by atoms with Gasteiger partial charge in [0.15, 0.2) is 5.78 Å². The predicted octanol–water partition coefficient (Wildman–Crippen LogP) is 1.74. The van der Waals surface area contributed by atoms with Crippen molar-refractivity contribution in [2.45, 2.75) is 6.42 Å². The maximum Gasteiger partial charge on any atom is 0.307 e. The molecule has 0 saturated carbocycles. The molecule has 0 unspecified atom stereocenters. The van der Waals surface area contributed by atoms with Crippen molar-refractivity contribution < 1.29 is 14.7 Å². The van der Waals surface area contributed by atoms with Gasteiger partial charge in [0, 0.05) is 11.1 Å². The molecule has 0 aromatic heterocycles. The number of fused-ring (bicyclic) bond motifs is 1. The highest BCUT2D eigenvalue weighted by atomic mass is 16.4. The minimum atomic E-state index is -0.975. The number of carbonyl (C=O) groups excluding carboxylic acids is 1. The highest BCUT2D eigenvalue weighted by molar-refractivity contribution is 6.19. The summed E-state index contributed by atoms with van der Waals surface area (Å²) in [5, 5.41) is 8.58. The number of rotatable bonds is 2. The number of benzene rings is 1. The van der Waals surface area contributed by atoms with Gasteiger partial charge in [-0.15, -0.1) is 0 Å². The van der Waals surface area contributed by atoms with Gasteiger partial charge in [-0.1, -0.05) is 24.3 Å². The molecule has 70 valence electrons. The van der Waals surface area contributed by atoms with Crippen LogP contribution in [0.1, 0.15) is 22.3 Å². The summed E-state index contributed by atoms with van der Waals surface area (Å²) in [6.45, 7) is 0. The summed E-state index contributed by atoms with van der Waals surface area (Å²) in [6, 6.07) is 7.12. The zero-order valence-electron chi connectivity index (χ0n) is 7.36. The van der Waals surface area contributed by atoms with E-state index in [0.717, 1.165) is 5.56 Å². The summed E-state index contributed by atoms with van der Waals surface area (Å²) in [5.41, 5.74) is 1.77. The Hall–Kier alpha value is -1.90. The first-order valence-corrected chi connectivity index (χ1v) is 4.24. The summed E-state index contributed by atoms with van der Waals surface area (Å²) in [7, 11) is 0. The van der Waals surface area contributed by atoms with Crippen molar-refractivity contribution in [2.24, 2.45) is 0 Å². The minimum absolute atomic E-state index is 0.164. The number of hydrogen-bond acceptors (Lipinski definition) is 2. The van der Waals surface area contributed by atoms with Crippen molar-refractivity contribution >= 4 is 17.8 Å². The maximum absolute atomic E-state index is 11.6. The summed E-state index contributed by atoms with van der Waals surface area (Å²) in [5.74, 6) is -1.14. The van der Waals surface area contributed by atoms with Gasteiger partial charge in [-0.25, -0.2) is 0 Å². The molecule has 1 N–H and O–H groups in total. The van der Waals surface area contributed by atoms with Gasteiger partial charge in [-0.3, -0.25) is 9.59 Å². The Morgan fingerprint density at radius 2 is 2.00 bits per heavy atom. The van der Waals surface area contributed by atoms with Crippen LogP contribution in [-0.4, -0.2) is 16.9 Å². The monoisotopic (exact) mass is 188 g/mol. The Balaban J connectivity index is 2.37. The molecule has 3 heteroatoms. The second kappa shape index (κ2) is 3.10. The van der Waals surface area contributed by atoms with E-state index in [2.05, 4.69) is 0 Å². The van der Waals surface area contributed by atoms with Crippen LogP contribution in [-0.2, 0) is 4.79 Å². The molecular weight excluding hydrogens is 180 g/mol. The molecule has 1 aliphatic rings. The molecule has 3 nitrogen and oxygen atoms in total. The number of carboxylic acids is 1. The highest BCUT2D eigenvalue weighted by Crippen LogP contribution is 2.26. The summed E-state index contributed by atoms with van der Waals surface area (Å²) >= 11 is 0. The van der Waals surface area contributed by atoms with Crippen LogP contribution < -0.4 is 0 Å². The smallest absolute Gasteiger partial charge is 0.307 e. The van der Waals surface area contributed by atoms with Crippen molar-refractivity contribution in [3.8, 4) is 0 Å². The van der Waals surface area contributed by atoms with Crippen LogP contribution in [0.3, 0.4) is 0 Å². The molecular formula is C11H8O3. The minimum Gasteiger partial charge on any atom is -0.481 e. The molecule has 0 bridgehead atoms. The zero-order chi connectivity index (χ0) is 10.1. The van der Waals surface area contributed by atoms with E-state index >= 15 is 0 Å². The molecule has 0 aliphatic heterocycles. The standard InChI is InChI=1S/C11H8O3/c12-10(13)6-8-5-7-3-1-2-4-9(7)11(8)14/h1-5H,6H2,(H,12,13). The van der Waals surface area contributed by atoms with Gasteiger partial charge in [0.1, 0.15) is 0 Å². The molecule has 0 amide bonds. The Labute approximate surface area is 80.7 Å². The first kappa shape index (κ1) is 8.69. The van der Waals surface area contributed by atoms with E-state index in [-0.39, 0.29) is 12.2 Å². The van der Waals surface area contributed by atoms with Gasteiger partial charge in [0.25, 0.3) is 0 Å². The fraction of sp³-hybridized carbons (Fsp3) is 0.0909. The Morgan fingerprint density at radius 3 is 2.64 bits per heavy atom. The first-order chi connectivity index (χ1) is 6.68. The largest absolute Gasteiger partial charge is 0.481 e. The quantitative estimate of drug-likeness (QED) is 0.769. The van der Waals surface area contributed by atoms with Crippen LogP contribution in [0.15, 0.2) is 29.8 Å². The molecule has 1 aliphatic carbocycles. The number of aliphatic carboxylic acids is 1. The second-order valence-corrected chi connectivity index (χ2v) is 3.16. The predicted molar refractivity (Wildman–Crippen MR) is 51.0 cm³/mol. The molecule has 0 fully saturated rings. The Bertz CT molecular complexity index is 444. The highest BCUT2D eigenvalue weighted by Gasteiger charge is 2.23. The third kappa shape index (κ3) is 1.33. The topological polar surface area (TPSA) is 54.4 Å². The van der Waals surface area contributed by atoms with Crippen LogP contribution in [0.5, 0.6) is 0 Å². The van der Waals surface area contributed by atoms with E-state index in [9.17, 15) is 9.59 Å². The molecule has 0 spiro atoms. The van der Waals surface area contributed by atoms with Crippen molar-refractivity contribution in [2.75, 3.05) is 0 Å². The summed E-state index contributed by atoms with van der Waals surface area (Å²) in [4.78, 5) is 22.1. The average molecular weight is 188 g/mol. The van der Waals surface area contributed by atoms with Crippen molar-refractivity contribution in [3.63, 3.8) is 0 Å². The average Bonchev–Trinajstić information content (AvgIpc) is 2.44. The maximum atomic E-state index is 11.6. The number of hydrogen-bond donors (Lipinski definition) is 1. The van der Waals surface area contributed by atoms with E-state index in [0.29, 0.717) is 11.1 Å². The number of ketones is 1. The number of Topliss-reactive ketones (excluding diaryl/α,β-unsaturated/α-hetero) is 1. The normalized spacial score (nSPS) is 13.7. The second-order valence-electron chi connectivity index (χ2n) is 3.16.